The molecule has 0 radical (unpaired) electrons. The predicted octanol–water partition coefficient (Wildman–Crippen LogP) is 2.68. The minimum absolute atomic E-state index is 0.0933. The molecule has 1 atom stereocenters. The van der Waals surface area contributed by atoms with Gasteiger partial charge in [-0.05, 0) is 54.8 Å². The van der Waals surface area contributed by atoms with E-state index in [4.69, 9.17) is 26.8 Å². The molecule has 2 aromatic carbocycles. The highest BCUT2D eigenvalue weighted by Gasteiger charge is 2.38. The third kappa shape index (κ3) is 4.77. The number of nitrogens with zero attached hydrogens (tertiary/aromatic N) is 1. The molecule has 2 aromatic rings. The lowest BCUT2D eigenvalue weighted by molar-refractivity contribution is -0.131. The summed E-state index contributed by atoms with van der Waals surface area (Å²) in [7, 11) is -1.39. The molecule has 8 nitrogen and oxygen atoms in total. The maximum atomic E-state index is 13.3. The Morgan fingerprint density at radius 1 is 1.10 bits per heavy atom. The van der Waals surface area contributed by atoms with Crippen LogP contribution in [0.4, 0.5) is 5.69 Å². The summed E-state index contributed by atoms with van der Waals surface area (Å²) >= 11 is 6.08. The molecule has 0 bridgehead atoms. The number of nitrogens with two attached hydrogens (primary N) is 1. The SMILES string of the molecule is COc1ccc(S(=O)(=O)N2CC(=O)CCC(Cc3cc(Cl)ccc3OC)C2=O)cc1N. The van der Waals surface area contributed by atoms with Crippen LogP contribution in [0.3, 0.4) is 0 Å². The number of rotatable bonds is 6. The van der Waals surface area contributed by atoms with Crippen molar-refractivity contribution < 1.29 is 27.5 Å². The second-order valence-corrected chi connectivity index (χ2v) is 9.49. The Bertz CT molecular complexity index is 1120. The molecular weight excluding hydrogens is 444 g/mol. The van der Waals surface area contributed by atoms with Crippen LogP contribution < -0.4 is 15.2 Å². The van der Waals surface area contributed by atoms with Gasteiger partial charge in [0.15, 0.2) is 5.78 Å². The minimum atomic E-state index is -4.29. The predicted molar refractivity (Wildman–Crippen MR) is 116 cm³/mol. The lowest BCUT2D eigenvalue weighted by Gasteiger charge is -2.24. The van der Waals surface area contributed by atoms with E-state index in [9.17, 15) is 18.0 Å². The second-order valence-electron chi connectivity index (χ2n) is 7.19. The zero-order valence-electron chi connectivity index (χ0n) is 17.1. The van der Waals surface area contributed by atoms with Crippen LogP contribution in [0.2, 0.25) is 5.02 Å². The number of halogens is 1. The van der Waals surface area contributed by atoms with Crippen molar-refractivity contribution >= 4 is 39.0 Å². The number of methoxy groups -OCH3 is 2. The molecule has 1 saturated heterocycles. The van der Waals surface area contributed by atoms with Crippen LogP contribution >= 0.6 is 11.6 Å². The number of nitrogen functional groups attached to an aromatic ring is 1. The molecule has 166 valence electrons. The van der Waals surface area contributed by atoms with Crippen LogP contribution in [0.15, 0.2) is 41.3 Å². The molecule has 1 amide bonds. The first-order valence-electron chi connectivity index (χ1n) is 9.51. The van der Waals surface area contributed by atoms with Crippen molar-refractivity contribution in [3.8, 4) is 11.5 Å². The van der Waals surface area contributed by atoms with Gasteiger partial charge in [-0.15, -0.1) is 0 Å². The summed E-state index contributed by atoms with van der Waals surface area (Å²) in [6.07, 6.45) is 0.507. The molecule has 0 aliphatic carbocycles. The maximum Gasteiger partial charge on any atom is 0.266 e. The number of ether oxygens (including phenoxy) is 2. The van der Waals surface area contributed by atoms with Gasteiger partial charge in [0, 0.05) is 17.4 Å². The van der Waals surface area contributed by atoms with E-state index in [2.05, 4.69) is 0 Å². The zero-order valence-corrected chi connectivity index (χ0v) is 18.7. The van der Waals surface area contributed by atoms with E-state index in [1.165, 1.54) is 32.4 Å². The number of carbonyl (C=O) groups excluding carboxylic acids is 2. The molecule has 3 rings (SSSR count). The summed E-state index contributed by atoms with van der Waals surface area (Å²) in [4.78, 5) is 25.4. The van der Waals surface area contributed by atoms with Gasteiger partial charge in [0.1, 0.15) is 11.5 Å². The summed E-state index contributed by atoms with van der Waals surface area (Å²) in [6.45, 7) is -0.518. The van der Waals surface area contributed by atoms with E-state index in [0.29, 0.717) is 26.4 Å². The van der Waals surface area contributed by atoms with Gasteiger partial charge < -0.3 is 15.2 Å². The van der Waals surface area contributed by atoms with Gasteiger partial charge in [0.2, 0.25) is 5.91 Å². The van der Waals surface area contributed by atoms with Crippen molar-refractivity contribution in [3.63, 3.8) is 0 Å². The molecule has 0 spiro atoms. The van der Waals surface area contributed by atoms with Gasteiger partial charge in [0.05, 0.1) is 31.3 Å². The first-order valence-corrected chi connectivity index (χ1v) is 11.3. The molecule has 1 heterocycles. The van der Waals surface area contributed by atoms with Gasteiger partial charge in [-0.25, -0.2) is 12.7 Å². The van der Waals surface area contributed by atoms with Crippen LogP contribution in [0, 0.1) is 5.92 Å². The standard InChI is InChI=1S/C21H23ClN2O6S/c1-29-19-7-4-15(22)10-14(19)9-13-3-5-16(25)12-24(21(13)26)31(27,28)17-6-8-20(30-2)18(23)11-17/h4,6-8,10-11,13H,3,5,9,12,23H2,1-2H3. The van der Waals surface area contributed by atoms with Gasteiger partial charge in [-0.1, -0.05) is 11.6 Å². The van der Waals surface area contributed by atoms with Crippen LogP contribution in [-0.2, 0) is 26.0 Å². The molecule has 2 N–H and O–H groups in total. The van der Waals surface area contributed by atoms with E-state index in [1.807, 2.05) is 0 Å². The molecule has 0 saturated carbocycles. The molecule has 1 aliphatic rings. The van der Waals surface area contributed by atoms with Gasteiger partial charge in [-0.2, -0.15) is 0 Å². The van der Waals surface area contributed by atoms with Crippen LogP contribution in [-0.4, -0.2) is 45.2 Å². The maximum absolute atomic E-state index is 13.3. The van der Waals surface area contributed by atoms with Crippen molar-refractivity contribution in [1.29, 1.82) is 0 Å². The molecule has 0 aromatic heterocycles. The summed E-state index contributed by atoms with van der Waals surface area (Å²) in [5.41, 5.74) is 6.61. The van der Waals surface area contributed by atoms with Crippen molar-refractivity contribution in [2.75, 3.05) is 26.5 Å². The van der Waals surface area contributed by atoms with Crippen LogP contribution in [0.1, 0.15) is 18.4 Å². The second kappa shape index (κ2) is 9.15. The van der Waals surface area contributed by atoms with E-state index in [0.717, 1.165) is 0 Å². The molecule has 1 unspecified atom stereocenters. The minimum Gasteiger partial charge on any atom is -0.496 e. The zero-order chi connectivity index (χ0) is 22.8. The normalized spacial score (nSPS) is 17.4. The Morgan fingerprint density at radius 2 is 1.77 bits per heavy atom. The summed E-state index contributed by atoms with van der Waals surface area (Å²) in [5.74, 6) is -0.876. The van der Waals surface area contributed by atoms with Crippen molar-refractivity contribution in [3.05, 3.63) is 47.0 Å². The first-order chi connectivity index (χ1) is 14.7. The number of hydrogen-bond donors (Lipinski definition) is 1. The average molecular weight is 467 g/mol. The Hall–Kier alpha value is -2.78. The summed E-state index contributed by atoms with van der Waals surface area (Å²) < 4.78 is 37.5. The number of hydrogen-bond acceptors (Lipinski definition) is 7. The van der Waals surface area contributed by atoms with Crippen molar-refractivity contribution in [1.82, 2.24) is 4.31 Å². The Balaban J connectivity index is 1.97. The monoisotopic (exact) mass is 466 g/mol. The van der Waals surface area contributed by atoms with E-state index in [-0.39, 0.29) is 35.6 Å². The number of ketones is 1. The van der Waals surface area contributed by atoms with Gasteiger partial charge in [-0.3, -0.25) is 9.59 Å². The average Bonchev–Trinajstić information content (AvgIpc) is 2.87. The largest absolute Gasteiger partial charge is 0.496 e. The Morgan fingerprint density at radius 3 is 2.42 bits per heavy atom. The molecule has 1 fully saturated rings. The fourth-order valence-electron chi connectivity index (χ4n) is 3.54. The molecular formula is C21H23ClN2O6S. The topological polar surface area (TPSA) is 116 Å². The summed E-state index contributed by atoms with van der Waals surface area (Å²) in [5, 5.41) is 0.464. The number of carbonyl (C=O) groups is 2. The number of amides is 1. The van der Waals surface area contributed by atoms with Crippen molar-refractivity contribution in [2.45, 2.75) is 24.2 Å². The number of benzene rings is 2. The Kier molecular flexibility index (Phi) is 6.76. The summed E-state index contributed by atoms with van der Waals surface area (Å²) in [6, 6.07) is 8.92. The quantitative estimate of drug-likeness (QED) is 0.650. The number of anilines is 1. The third-order valence-corrected chi connectivity index (χ3v) is 7.16. The highest BCUT2D eigenvalue weighted by Crippen LogP contribution is 2.32. The lowest BCUT2D eigenvalue weighted by atomic mass is 9.93. The highest BCUT2D eigenvalue weighted by molar-refractivity contribution is 7.89. The van der Waals surface area contributed by atoms with Gasteiger partial charge in [0.25, 0.3) is 10.0 Å². The number of Topliss-reactive ketones (excluding diaryl/α,β-unsaturated/α-hetero) is 1. The lowest BCUT2D eigenvalue weighted by Crippen LogP contribution is -2.42. The number of sulfonamides is 1. The molecule has 31 heavy (non-hydrogen) atoms. The fourth-order valence-corrected chi connectivity index (χ4v) is 5.21. The van der Waals surface area contributed by atoms with Crippen LogP contribution in [0.25, 0.3) is 0 Å². The van der Waals surface area contributed by atoms with Gasteiger partial charge >= 0.3 is 0 Å². The molecule has 10 heteroatoms. The van der Waals surface area contributed by atoms with Crippen molar-refractivity contribution in [2.24, 2.45) is 5.92 Å². The highest BCUT2D eigenvalue weighted by atomic mass is 35.5. The fraction of sp³-hybridized carbons (Fsp3) is 0.333. The third-order valence-electron chi connectivity index (χ3n) is 5.18. The Labute approximate surface area is 185 Å². The molecule has 1 aliphatic heterocycles. The van der Waals surface area contributed by atoms with Crippen LogP contribution in [0.5, 0.6) is 11.5 Å². The first kappa shape index (κ1) is 22.9. The van der Waals surface area contributed by atoms with E-state index >= 15 is 0 Å². The smallest absolute Gasteiger partial charge is 0.266 e. The van der Waals surface area contributed by atoms with E-state index in [1.54, 1.807) is 18.2 Å². The van der Waals surface area contributed by atoms with E-state index < -0.39 is 28.4 Å².